The minimum absolute atomic E-state index is 0.00324. The molecule has 1 heterocycles. The van der Waals surface area contributed by atoms with Gasteiger partial charge in [0.15, 0.2) is 0 Å². The molecule has 0 radical (unpaired) electrons. The third-order valence-corrected chi connectivity index (χ3v) is 8.70. The Morgan fingerprint density at radius 2 is 1.41 bits per heavy atom. The van der Waals surface area contributed by atoms with Crippen molar-refractivity contribution in [1.82, 2.24) is 9.03 Å². The molecule has 2 aromatic rings. The van der Waals surface area contributed by atoms with E-state index in [2.05, 4.69) is 9.44 Å². The quantitative estimate of drug-likeness (QED) is 0.511. The molecule has 1 fully saturated rings. The SMILES string of the molecule is CS(=O)(=O)Nc1ccc(S(=O)(=O)NCCc2ccc(S(=O)(=O)N3CCOCC3)cc2)cc1. The molecule has 2 aromatic carbocycles. The standard InChI is InChI=1S/C19H25N3O7S3/c1-30(23,24)21-17-4-8-18(9-5-17)31(25,26)20-11-10-16-2-6-19(7-3-16)32(27,28)22-12-14-29-15-13-22/h2-9,20-21H,10-15H2,1H3. The molecule has 0 atom stereocenters. The van der Waals surface area contributed by atoms with Crippen molar-refractivity contribution in [2.24, 2.45) is 0 Å². The van der Waals surface area contributed by atoms with Crippen LogP contribution in [-0.4, -0.2) is 68.7 Å². The van der Waals surface area contributed by atoms with Crippen LogP contribution >= 0.6 is 0 Å². The summed E-state index contributed by atoms with van der Waals surface area (Å²) in [6, 6.07) is 11.7. The maximum absolute atomic E-state index is 12.6. The van der Waals surface area contributed by atoms with Gasteiger partial charge in [-0.1, -0.05) is 12.1 Å². The van der Waals surface area contributed by atoms with Gasteiger partial charge in [-0.2, -0.15) is 4.31 Å². The van der Waals surface area contributed by atoms with Crippen LogP contribution in [0.3, 0.4) is 0 Å². The number of ether oxygens (including phenoxy) is 1. The van der Waals surface area contributed by atoms with E-state index in [1.165, 1.54) is 40.7 Å². The van der Waals surface area contributed by atoms with E-state index in [-0.39, 0.29) is 22.0 Å². The molecule has 3 rings (SSSR count). The average molecular weight is 504 g/mol. The van der Waals surface area contributed by atoms with Gasteiger partial charge in [-0.25, -0.2) is 30.0 Å². The number of morpholine rings is 1. The van der Waals surface area contributed by atoms with E-state index < -0.39 is 30.1 Å². The van der Waals surface area contributed by atoms with E-state index >= 15 is 0 Å². The van der Waals surface area contributed by atoms with Gasteiger partial charge in [0.2, 0.25) is 30.1 Å². The highest BCUT2D eigenvalue weighted by Gasteiger charge is 2.26. The maximum atomic E-state index is 12.6. The monoisotopic (exact) mass is 503 g/mol. The van der Waals surface area contributed by atoms with Gasteiger partial charge < -0.3 is 4.74 Å². The smallest absolute Gasteiger partial charge is 0.243 e. The molecule has 1 aliphatic heterocycles. The molecular weight excluding hydrogens is 478 g/mol. The Kier molecular flexibility index (Phi) is 7.57. The molecule has 1 aliphatic rings. The summed E-state index contributed by atoms with van der Waals surface area (Å²) in [5.41, 5.74) is 1.04. The van der Waals surface area contributed by atoms with Gasteiger partial charge in [0.05, 0.1) is 29.3 Å². The Morgan fingerprint density at radius 3 is 1.97 bits per heavy atom. The first-order chi connectivity index (χ1) is 15.0. The van der Waals surface area contributed by atoms with E-state index in [1.807, 2.05) is 0 Å². The molecule has 0 spiro atoms. The van der Waals surface area contributed by atoms with Gasteiger partial charge in [0.1, 0.15) is 0 Å². The predicted octanol–water partition coefficient (Wildman–Crippen LogP) is 0.600. The molecule has 176 valence electrons. The van der Waals surface area contributed by atoms with Crippen molar-refractivity contribution in [3.05, 3.63) is 54.1 Å². The molecule has 0 saturated carbocycles. The summed E-state index contributed by atoms with van der Waals surface area (Å²) in [5.74, 6) is 0. The fraction of sp³-hybridized carbons (Fsp3) is 0.368. The van der Waals surface area contributed by atoms with E-state index in [0.29, 0.717) is 32.7 Å². The average Bonchev–Trinajstić information content (AvgIpc) is 2.74. The van der Waals surface area contributed by atoms with Gasteiger partial charge in [0.25, 0.3) is 0 Å². The zero-order valence-corrected chi connectivity index (χ0v) is 19.8. The second-order valence-electron chi connectivity index (χ2n) is 7.21. The van der Waals surface area contributed by atoms with Crippen molar-refractivity contribution >= 4 is 35.8 Å². The topological polar surface area (TPSA) is 139 Å². The van der Waals surface area contributed by atoms with E-state index in [4.69, 9.17) is 4.74 Å². The summed E-state index contributed by atoms with van der Waals surface area (Å²) in [6.45, 7) is 1.48. The predicted molar refractivity (Wildman–Crippen MR) is 120 cm³/mol. The van der Waals surface area contributed by atoms with E-state index in [9.17, 15) is 25.3 Å². The van der Waals surface area contributed by atoms with Crippen molar-refractivity contribution in [3.63, 3.8) is 0 Å². The Hall–Kier alpha value is -2.03. The van der Waals surface area contributed by atoms with Crippen molar-refractivity contribution in [2.45, 2.75) is 16.2 Å². The number of hydrogen-bond acceptors (Lipinski definition) is 7. The summed E-state index contributed by atoms with van der Waals surface area (Å²) in [5, 5.41) is 0. The lowest BCUT2D eigenvalue weighted by atomic mass is 10.2. The van der Waals surface area contributed by atoms with Gasteiger partial charge in [0, 0.05) is 25.3 Å². The Labute approximate surface area is 188 Å². The highest BCUT2D eigenvalue weighted by Crippen LogP contribution is 2.18. The van der Waals surface area contributed by atoms with Crippen LogP contribution < -0.4 is 9.44 Å². The number of hydrogen-bond donors (Lipinski definition) is 2. The summed E-state index contributed by atoms with van der Waals surface area (Å²) in [7, 11) is -10.8. The first-order valence-electron chi connectivity index (χ1n) is 9.72. The molecule has 2 N–H and O–H groups in total. The first-order valence-corrected chi connectivity index (χ1v) is 14.5. The summed E-state index contributed by atoms with van der Waals surface area (Å²) in [4.78, 5) is 0.190. The van der Waals surface area contributed by atoms with Crippen LogP contribution in [0.1, 0.15) is 5.56 Å². The summed E-state index contributed by atoms with van der Waals surface area (Å²) in [6.07, 6.45) is 1.37. The molecule has 1 saturated heterocycles. The zero-order valence-electron chi connectivity index (χ0n) is 17.4. The minimum atomic E-state index is -3.78. The molecule has 32 heavy (non-hydrogen) atoms. The molecule has 13 heteroatoms. The lowest BCUT2D eigenvalue weighted by molar-refractivity contribution is 0.0730. The van der Waals surface area contributed by atoms with Crippen LogP contribution in [0.2, 0.25) is 0 Å². The van der Waals surface area contributed by atoms with E-state index in [0.717, 1.165) is 11.8 Å². The normalized spacial score (nSPS) is 16.0. The van der Waals surface area contributed by atoms with Crippen LogP contribution in [0.5, 0.6) is 0 Å². The second-order valence-corrected chi connectivity index (χ2v) is 12.7. The largest absolute Gasteiger partial charge is 0.379 e. The molecule has 0 aliphatic carbocycles. The first kappa shape index (κ1) is 24.6. The summed E-state index contributed by atoms with van der Waals surface area (Å²) >= 11 is 0. The van der Waals surface area contributed by atoms with Gasteiger partial charge in [-0.05, 0) is 48.4 Å². The number of nitrogens with zero attached hydrogens (tertiary/aromatic N) is 1. The molecule has 0 amide bonds. The zero-order chi connectivity index (χ0) is 23.4. The second kappa shape index (κ2) is 9.85. The minimum Gasteiger partial charge on any atom is -0.379 e. The Bertz CT molecular complexity index is 1240. The number of sulfonamides is 3. The van der Waals surface area contributed by atoms with Crippen LogP contribution in [0, 0.1) is 0 Å². The van der Waals surface area contributed by atoms with Gasteiger partial charge in [-0.15, -0.1) is 0 Å². The van der Waals surface area contributed by atoms with Crippen LogP contribution in [0.25, 0.3) is 0 Å². The molecule has 0 unspecified atom stereocenters. The molecule has 0 bridgehead atoms. The van der Waals surface area contributed by atoms with Crippen molar-refractivity contribution in [3.8, 4) is 0 Å². The highest BCUT2D eigenvalue weighted by molar-refractivity contribution is 7.92. The van der Waals surface area contributed by atoms with Crippen molar-refractivity contribution < 1.29 is 30.0 Å². The fourth-order valence-electron chi connectivity index (χ4n) is 3.09. The molecule has 10 nitrogen and oxygen atoms in total. The number of benzene rings is 2. The van der Waals surface area contributed by atoms with Crippen molar-refractivity contribution in [2.75, 3.05) is 43.8 Å². The lowest BCUT2D eigenvalue weighted by Crippen LogP contribution is -2.40. The number of anilines is 1. The van der Waals surface area contributed by atoms with Crippen LogP contribution in [0.15, 0.2) is 58.3 Å². The third-order valence-electron chi connectivity index (χ3n) is 4.70. The number of nitrogens with one attached hydrogen (secondary N) is 2. The number of rotatable bonds is 9. The third kappa shape index (κ3) is 6.49. The summed E-state index contributed by atoms with van der Waals surface area (Å²) < 4.78 is 83.9. The Balaban J connectivity index is 1.57. The van der Waals surface area contributed by atoms with Crippen LogP contribution in [0.4, 0.5) is 5.69 Å². The van der Waals surface area contributed by atoms with Crippen molar-refractivity contribution in [1.29, 1.82) is 0 Å². The lowest BCUT2D eigenvalue weighted by Gasteiger charge is -2.26. The van der Waals surface area contributed by atoms with Gasteiger partial charge >= 0.3 is 0 Å². The van der Waals surface area contributed by atoms with Crippen LogP contribution in [-0.2, 0) is 41.2 Å². The molecule has 0 aromatic heterocycles. The maximum Gasteiger partial charge on any atom is 0.243 e. The highest BCUT2D eigenvalue weighted by atomic mass is 32.2. The molecular formula is C19H25N3O7S3. The van der Waals surface area contributed by atoms with E-state index in [1.54, 1.807) is 12.1 Å². The Morgan fingerprint density at radius 1 is 0.844 bits per heavy atom. The fourth-order valence-corrected chi connectivity index (χ4v) is 6.10. The van der Waals surface area contributed by atoms with Gasteiger partial charge in [-0.3, -0.25) is 4.72 Å².